The third kappa shape index (κ3) is 3.65. The number of ether oxygens (including phenoxy) is 1. The second-order valence-corrected chi connectivity index (χ2v) is 8.16. The van der Waals surface area contributed by atoms with Gasteiger partial charge in [-0.25, -0.2) is 0 Å². The second-order valence-electron chi connectivity index (χ2n) is 8.16. The molecule has 0 saturated heterocycles. The molecule has 1 amide bonds. The lowest BCUT2D eigenvalue weighted by atomic mass is 9.97. The quantitative estimate of drug-likeness (QED) is 0.656. The van der Waals surface area contributed by atoms with Gasteiger partial charge in [-0.1, -0.05) is 17.7 Å². The first-order chi connectivity index (χ1) is 14.8. The molecule has 0 bridgehead atoms. The van der Waals surface area contributed by atoms with Crippen LogP contribution in [0, 0.1) is 6.92 Å². The molecule has 31 heavy (non-hydrogen) atoms. The van der Waals surface area contributed by atoms with Crippen LogP contribution in [0.4, 0.5) is 0 Å². The molecule has 1 atom stereocenters. The van der Waals surface area contributed by atoms with Gasteiger partial charge in [-0.3, -0.25) is 9.59 Å². The molecule has 0 saturated carbocycles. The molecule has 1 N–H and O–H groups in total. The normalized spacial score (nSPS) is 15.7. The van der Waals surface area contributed by atoms with Gasteiger partial charge < -0.3 is 24.1 Å². The second kappa shape index (κ2) is 8.07. The monoisotopic (exact) mass is 422 g/mol. The van der Waals surface area contributed by atoms with Gasteiger partial charge in [0.05, 0.1) is 24.1 Å². The molecule has 0 aliphatic carbocycles. The zero-order valence-electron chi connectivity index (χ0n) is 18.1. The van der Waals surface area contributed by atoms with Gasteiger partial charge in [0.15, 0.2) is 16.9 Å². The van der Waals surface area contributed by atoms with E-state index in [1.807, 2.05) is 32.0 Å². The fourth-order valence-corrected chi connectivity index (χ4v) is 4.13. The van der Waals surface area contributed by atoms with Gasteiger partial charge in [-0.15, -0.1) is 0 Å². The molecule has 0 fully saturated rings. The minimum absolute atomic E-state index is 0.00359. The summed E-state index contributed by atoms with van der Waals surface area (Å²) in [6.07, 6.45) is 0.741. The smallest absolute Gasteiger partial charge is 0.290 e. The molecule has 7 nitrogen and oxygen atoms in total. The van der Waals surface area contributed by atoms with E-state index in [-0.39, 0.29) is 28.6 Å². The molecule has 2 heterocycles. The van der Waals surface area contributed by atoms with Crippen LogP contribution in [0.3, 0.4) is 0 Å². The molecule has 1 aromatic heterocycles. The van der Waals surface area contributed by atoms with Gasteiger partial charge in [0.2, 0.25) is 5.76 Å². The zero-order chi connectivity index (χ0) is 22.3. The summed E-state index contributed by atoms with van der Waals surface area (Å²) >= 11 is 0. The summed E-state index contributed by atoms with van der Waals surface area (Å²) < 4.78 is 11.2. The summed E-state index contributed by atoms with van der Waals surface area (Å²) in [6.45, 7) is 3.17. The summed E-state index contributed by atoms with van der Waals surface area (Å²) in [5, 5.41) is 10.5. The van der Waals surface area contributed by atoms with E-state index in [2.05, 4.69) is 0 Å². The number of aromatic hydroxyl groups is 1. The van der Waals surface area contributed by atoms with Crippen LogP contribution in [0.25, 0.3) is 11.0 Å². The average Bonchev–Trinajstić information content (AvgIpc) is 3.01. The predicted octanol–water partition coefficient (Wildman–Crippen LogP) is 3.31. The number of aryl methyl sites for hydroxylation is 1. The van der Waals surface area contributed by atoms with Crippen LogP contribution < -0.4 is 10.2 Å². The van der Waals surface area contributed by atoms with Gasteiger partial charge in [0.25, 0.3) is 5.91 Å². The third-order valence-corrected chi connectivity index (χ3v) is 5.65. The number of phenols is 1. The Bertz CT molecular complexity index is 1210. The standard InChI is InChI=1S/C24H26N2O5/c1-14-6-9-18-16(12-14)22(28)20-21(15-7-8-17(27)19(13-15)30-4)26(11-5-10-25(2)3)24(29)23(20)31-18/h6-9,12-13,21,27H,5,10-11H2,1-4H3/t21-/m1/s1. The Morgan fingerprint density at radius 3 is 2.65 bits per heavy atom. The molecule has 7 heteroatoms. The van der Waals surface area contributed by atoms with Crippen molar-refractivity contribution in [3.05, 3.63) is 69.1 Å². The maximum atomic E-state index is 13.5. The fraction of sp³-hybridized carbons (Fsp3) is 0.333. The summed E-state index contributed by atoms with van der Waals surface area (Å²) in [4.78, 5) is 30.6. The number of fused-ring (bicyclic) bond motifs is 2. The van der Waals surface area contributed by atoms with Crippen LogP contribution in [0.1, 0.15) is 39.7 Å². The Balaban J connectivity index is 1.90. The number of rotatable bonds is 6. The first-order valence-electron chi connectivity index (χ1n) is 10.2. The SMILES string of the molecule is COc1cc([C@@H]2c3c(oc4ccc(C)cc4c3=O)C(=O)N2CCCN(C)C)ccc1O. The number of hydrogen-bond acceptors (Lipinski definition) is 6. The molecular formula is C24H26N2O5. The Morgan fingerprint density at radius 1 is 1.16 bits per heavy atom. The van der Waals surface area contributed by atoms with E-state index in [9.17, 15) is 14.7 Å². The van der Waals surface area contributed by atoms with Crippen LogP contribution in [-0.2, 0) is 0 Å². The van der Waals surface area contributed by atoms with E-state index >= 15 is 0 Å². The Labute approximate surface area is 180 Å². The predicted molar refractivity (Wildman–Crippen MR) is 118 cm³/mol. The van der Waals surface area contributed by atoms with Gasteiger partial charge >= 0.3 is 0 Å². The van der Waals surface area contributed by atoms with Crippen LogP contribution in [0.2, 0.25) is 0 Å². The molecule has 0 radical (unpaired) electrons. The van der Waals surface area contributed by atoms with Crippen molar-refractivity contribution >= 4 is 16.9 Å². The van der Waals surface area contributed by atoms with Gasteiger partial charge in [0.1, 0.15) is 5.58 Å². The van der Waals surface area contributed by atoms with E-state index in [1.165, 1.54) is 13.2 Å². The van der Waals surface area contributed by atoms with Crippen molar-refractivity contribution in [2.75, 3.05) is 34.3 Å². The van der Waals surface area contributed by atoms with Crippen molar-refractivity contribution in [1.29, 1.82) is 0 Å². The number of carbonyl (C=O) groups excluding carboxylic acids is 1. The maximum Gasteiger partial charge on any atom is 0.290 e. The Kier molecular flexibility index (Phi) is 5.45. The topological polar surface area (TPSA) is 83.2 Å². The minimum Gasteiger partial charge on any atom is -0.504 e. The van der Waals surface area contributed by atoms with Gasteiger partial charge in [0, 0.05) is 6.54 Å². The van der Waals surface area contributed by atoms with Crippen molar-refractivity contribution in [2.24, 2.45) is 0 Å². The molecule has 1 aliphatic rings. The molecule has 1 aliphatic heterocycles. The summed E-state index contributed by atoms with van der Waals surface area (Å²) in [5.41, 5.74) is 2.15. The maximum absolute atomic E-state index is 13.5. The van der Waals surface area contributed by atoms with E-state index < -0.39 is 6.04 Å². The van der Waals surface area contributed by atoms with Gasteiger partial charge in [-0.2, -0.15) is 0 Å². The third-order valence-electron chi connectivity index (χ3n) is 5.65. The molecule has 3 aromatic rings. The molecule has 4 rings (SSSR count). The number of methoxy groups -OCH3 is 1. The number of phenolic OH excluding ortho intramolecular Hbond substituents is 1. The van der Waals surface area contributed by atoms with Crippen LogP contribution in [-0.4, -0.2) is 55.1 Å². The summed E-state index contributed by atoms with van der Waals surface area (Å²) in [5.74, 6) is 0.0670. The van der Waals surface area contributed by atoms with Crippen molar-refractivity contribution in [3.8, 4) is 11.5 Å². The number of carbonyl (C=O) groups is 1. The van der Waals surface area contributed by atoms with Crippen LogP contribution >= 0.6 is 0 Å². The lowest BCUT2D eigenvalue weighted by molar-refractivity contribution is 0.0722. The lowest BCUT2D eigenvalue weighted by Gasteiger charge is -2.26. The Hall–Kier alpha value is -3.32. The van der Waals surface area contributed by atoms with E-state index in [0.717, 1.165) is 18.5 Å². The summed E-state index contributed by atoms with van der Waals surface area (Å²) in [7, 11) is 5.41. The minimum atomic E-state index is -0.611. The first-order valence-corrected chi connectivity index (χ1v) is 10.2. The van der Waals surface area contributed by atoms with E-state index in [4.69, 9.17) is 9.15 Å². The van der Waals surface area contributed by atoms with Crippen LogP contribution in [0.15, 0.2) is 45.6 Å². The Morgan fingerprint density at radius 2 is 1.94 bits per heavy atom. The summed E-state index contributed by atoms with van der Waals surface area (Å²) in [6, 6.07) is 9.66. The van der Waals surface area contributed by atoms with Crippen molar-refractivity contribution in [2.45, 2.75) is 19.4 Å². The number of nitrogens with zero attached hydrogens (tertiary/aromatic N) is 2. The highest BCUT2D eigenvalue weighted by molar-refractivity contribution is 5.99. The molecule has 0 unspecified atom stereocenters. The molecular weight excluding hydrogens is 396 g/mol. The zero-order valence-corrected chi connectivity index (χ0v) is 18.1. The number of benzene rings is 2. The lowest BCUT2D eigenvalue weighted by Crippen LogP contribution is -2.32. The van der Waals surface area contributed by atoms with Gasteiger partial charge in [-0.05, 0) is 63.8 Å². The highest BCUT2D eigenvalue weighted by atomic mass is 16.5. The van der Waals surface area contributed by atoms with Crippen molar-refractivity contribution in [3.63, 3.8) is 0 Å². The first kappa shape index (κ1) is 20.9. The molecule has 2 aromatic carbocycles. The number of amides is 1. The highest BCUT2D eigenvalue weighted by Crippen LogP contribution is 2.40. The van der Waals surface area contributed by atoms with Crippen molar-refractivity contribution in [1.82, 2.24) is 9.80 Å². The fourth-order valence-electron chi connectivity index (χ4n) is 4.13. The largest absolute Gasteiger partial charge is 0.504 e. The molecule has 0 spiro atoms. The van der Waals surface area contributed by atoms with E-state index in [1.54, 1.807) is 29.2 Å². The van der Waals surface area contributed by atoms with E-state index in [0.29, 0.717) is 28.6 Å². The average molecular weight is 422 g/mol. The molecule has 162 valence electrons. The van der Waals surface area contributed by atoms with Crippen molar-refractivity contribution < 1.29 is 19.1 Å². The van der Waals surface area contributed by atoms with Crippen LogP contribution in [0.5, 0.6) is 11.5 Å². The highest BCUT2D eigenvalue weighted by Gasteiger charge is 2.42. The number of hydrogen-bond donors (Lipinski definition) is 1.